The summed E-state index contributed by atoms with van der Waals surface area (Å²) in [6.07, 6.45) is 2.77. The van der Waals surface area contributed by atoms with Gasteiger partial charge in [0.2, 0.25) is 0 Å². The first-order valence-corrected chi connectivity index (χ1v) is 6.83. The van der Waals surface area contributed by atoms with Crippen molar-refractivity contribution in [3.8, 4) is 5.75 Å². The zero-order valence-corrected chi connectivity index (χ0v) is 12.5. The van der Waals surface area contributed by atoms with E-state index in [1.807, 2.05) is 63.2 Å². The van der Waals surface area contributed by atoms with Gasteiger partial charge in [-0.2, -0.15) is 0 Å². The van der Waals surface area contributed by atoms with E-state index in [2.05, 4.69) is 5.32 Å². The molecule has 1 N–H and O–H groups in total. The lowest BCUT2D eigenvalue weighted by molar-refractivity contribution is -0.112. The average molecular weight is 281 g/mol. The van der Waals surface area contributed by atoms with Crippen LogP contribution in [0.5, 0.6) is 5.75 Å². The lowest BCUT2D eigenvalue weighted by atomic mass is 10.1. The van der Waals surface area contributed by atoms with Gasteiger partial charge in [0.1, 0.15) is 5.75 Å². The van der Waals surface area contributed by atoms with Crippen molar-refractivity contribution in [1.29, 1.82) is 0 Å². The molecule has 1 amide bonds. The van der Waals surface area contributed by atoms with Crippen LogP contribution in [0.15, 0.2) is 54.8 Å². The Morgan fingerprint density at radius 2 is 1.86 bits per heavy atom. The van der Waals surface area contributed by atoms with E-state index in [0.29, 0.717) is 5.75 Å². The van der Waals surface area contributed by atoms with E-state index >= 15 is 0 Å². The number of carbonyl (C=O) groups excluding carboxylic acids is 1. The summed E-state index contributed by atoms with van der Waals surface area (Å²) in [4.78, 5) is 11.8. The zero-order valence-electron chi connectivity index (χ0n) is 12.5. The number of hydrogen-bond acceptors (Lipinski definition) is 2. The Balaban J connectivity index is 1.92. The quantitative estimate of drug-likeness (QED) is 0.675. The second-order valence-electron chi connectivity index (χ2n) is 5.03. The molecule has 0 bridgehead atoms. The number of aryl methyl sites for hydroxylation is 3. The normalized spacial score (nSPS) is 10.6. The van der Waals surface area contributed by atoms with Gasteiger partial charge < -0.3 is 10.1 Å². The molecule has 0 fully saturated rings. The third-order valence-electron chi connectivity index (χ3n) is 3.19. The zero-order chi connectivity index (χ0) is 15.2. The number of ether oxygens (including phenoxy) is 1. The molecule has 0 unspecified atom stereocenters. The van der Waals surface area contributed by atoms with Crippen LogP contribution in [-0.2, 0) is 4.79 Å². The summed E-state index contributed by atoms with van der Waals surface area (Å²) in [5.41, 5.74) is 4.24. The van der Waals surface area contributed by atoms with Crippen LogP contribution in [0.2, 0.25) is 0 Å². The highest BCUT2D eigenvalue weighted by atomic mass is 16.5. The molecule has 3 nitrogen and oxygen atoms in total. The second kappa shape index (κ2) is 6.75. The number of rotatable bonds is 4. The van der Waals surface area contributed by atoms with Crippen molar-refractivity contribution in [3.05, 3.63) is 71.5 Å². The van der Waals surface area contributed by atoms with Gasteiger partial charge in [-0.1, -0.05) is 18.2 Å². The number of hydrogen-bond donors (Lipinski definition) is 1. The van der Waals surface area contributed by atoms with Gasteiger partial charge in [-0.3, -0.25) is 4.79 Å². The van der Waals surface area contributed by atoms with Crippen molar-refractivity contribution < 1.29 is 9.53 Å². The standard InChI is InChI=1S/C18H19NO2/c1-13-5-4-6-17(11-13)21-10-9-18(20)19-16-8-7-14(2)15(3)12-16/h4-12H,1-3H3,(H,19,20). The van der Waals surface area contributed by atoms with E-state index in [9.17, 15) is 4.79 Å². The Hall–Kier alpha value is -2.55. The minimum atomic E-state index is -0.217. The molecular formula is C18H19NO2. The number of nitrogens with one attached hydrogen (secondary N) is 1. The number of carbonyl (C=O) groups is 1. The van der Waals surface area contributed by atoms with Gasteiger partial charge in [-0.05, 0) is 61.7 Å². The molecule has 2 aromatic carbocycles. The Morgan fingerprint density at radius 1 is 1.05 bits per heavy atom. The van der Waals surface area contributed by atoms with Crippen molar-refractivity contribution in [2.24, 2.45) is 0 Å². The van der Waals surface area contributed by atoms with E-state index in [4.69, 9.17) is 4.74 Å². The largest absolute Gasteiger partial charge is 0.465 e. The van der Waals surface area contributed by atoms with Gasteiger partial charge in [0, 0.05) is 11.8 Å². The summed E-state index contributed by atoms with van der Waals surface area (Å²) >= 11 is 0. The van der Waals surface area contributed by atoms with Gasteiger partial charge in [0.15, 0.2) is 0 Å². The molecule has 0 spiro atoms. The fourth-order valence-electron chi connectivity index (χ4n) is 1.87. The number of amides is 1. The molecule has 2 rings (SSSR count). The molecule has 0 heterocycles. The van der Waals surface area contributed by atoms with Crippen molar-refractivity contribution in [3.63, 3.8) is 0 Å². The molecule has 0 aromatic heterocycles. The van der Waals surface area contributed by atoms with Crippen LogP contribution >= 0.6 is 0 Å². The van der Waals surface area contributed by atoms with Gasteiger partial charge in [-0.15, -0.1) is 0 Å². The van der Waals surface area contributed by atoms with Gasteiger partial charge in [0.25, 0.3) is 5.91 Å². The Labute approximate surface area is 125 Å². The molecule has 3 heteroatoms. The molecule has 0 aliphatic heterocycles. The molecule has 0 radical (unpaired) electrons. The maximum absolute atomic E-state index is 11.8. The molecule has 0 saturated carbocycles. The molecule has 108 valence electrons. The van der Waals surface area contributed by atoms with Crippen LogP contribution in [0.4, 0.5) is 5.69 Å². The van der Waals surface area contributed by atoms with Crippen LogP contribution in [0.1, 0.15) is 16.7 Å². The molecule has 0 aliphatic carbocycles. The minimum absolute atomic E-state index is 0.217. The molecular weight excluding hydrogens is 262 g/mol. The predicted octanol–water partition coefficient (Wildman–Crippen LogP) is 4.14. The molecule has 21 heavy (non-hydrogen) atoms. The Bertz CT molecular complexity index is 675. The Kier molecular flexibility index (Phi) is 4.77. The highest BCUT2D eigenvalue weighted by Crippen LogP contribution is 2.14. The highest BCUT2D eigenvalue weighted by Gasteiger charge is 2.00. The summed E-state index contributed by atoms with van der Waals surface area (Å²) < 4.78 is 5.40. The van der Waals surface area contributed by atoms with Crippen molar-refractivity contribution in [1.82, 2.24) is 0 Å². The third kappa shape index (κ3) is 4.49. The van der Waals surface area contributed by atoms with E-state index in [1.165, 1.54) is 17.9 Å². The maximum atomic E-state index is 11.8. The van der Waals surface area contributed by atoms with Crippen LogP contribution < -0.4 is 10.1 Å². The first kappa shape index (κ1) is 14.9. The average Bonchev–Trinajstić information content (AvgIpc) is 2.43. The lowest BCUT2D eigenvalue weighted by Crippen LogP contribution is -2.08. The smallest absolute Gasteiger partial charge is 0.251 e. The summed E-state index contributed by atoms with van der Waals surface area (Å²) in [5.74, 6) is 0.496. The number of benzene rings is 2. The summed E-state index contributed by atoms with van der Waals surface area (Å²) in [6, 6.07) is 13.5. The predicted molar refractivity (Wildman–Crippen MR) is 85.5 cm³/mol. The van der Waals surface area contributed by atoms with Crippen LogP contribution in [0.25, 0.3) is 0 Å². The van der Waals surface area contributed by atoms with E-state index in [-0.39, 0.29) is 5.91 Å². The fraction of sp³-hybridized carbons (Fsp3) is 0.167. The van der Waals surface area contributed by atoms with Gasteiger partial charge in [-0.25, -0.2) is 0 Å². The topological polar surface area (TPSA) is 38.3 Å². The van der Waals surface area contributed by atoms with Crippen molar-refractivity contribution in [2.45, 2.75) is 20.8 Å². The first-order chi connectivity index (χ1) is 10.0. The van der Waals surface area contributed by atoms with E-state index in [0.717, 1.165) is 16.8 Å². The first-order valence-electron chi connectivity index (χ1n) is 6.83. The van der Waals surface area contributed by atoms with Crippen LogP contribution in [-0.4, -0.2) is 5.91 Å². The summed E-state index contributed by atoms with van der Waals surface area (Å²) in [5, 5.41) is 2.80. The van der Waals surface area contributed by atoms with Crippen LogP contribution in [0.3, 0.4) is 0 Å². The van der Waals surface area contributed by atoms with Gasteiger partial charge >= 0.3 is 0 Å². The fourth-order valence-corrected chi connectivity index (χ4v) is 1.87. The lowest BCUT2D eigenvalue weighted by Gasteiger charge is -2.05. The van der Waals surface area contributed by atoms with E-state index < -0.39 is 0 Å². The van der Waals surface area contributed by atoms with Crippen molar-refractivity contribution >= 4 is 11.6 Å². The SMILES string of the molecule is Cc1cccc(OC=CC(=O)Nc2ccc(C)c(C)c2)c1. The van der Waals surface area contributed by atoms with Crippen molar-refractivity contribution in [2.75, 3.05) is 5.32 Å². The number of anilines is 1. The second-order valence-corrected chi connectivity index (χ2v) is 5.03. The molecule has 2 aromatic rings. The molecule has 0 aliphatic rings. The maximum Gasteiger partial charge on any atom is 0.251 e. The monoisotopic (exact) mass is 281 g/mol. The summed E-state index contributed by atoms with van der Waals surface area (Å²) in [7, 11) is 0. The minimum Gasteiger partial charge on any atom is -0.465 e. The molecule has 0 atom stereocenters. The third-order valence-corrected chi connectivity index (χ3v) is 3.19. The summed E-state index contributed by atoms with van der Waals surface area (Å²) in [6.45, 7) is 6.04. The molecule has 0 saturated heterocycles. The van der Waals surface area contributed by atoms with E-state index in [1.54, 1.807) is 0 Å². The van der Waals surface area contributed by atoms with Gasteiger partial charge in [0.05, 0.1) is 6.26 Å². The Morgan fingerprint density at radius 3 is 2.57 bits per heavy atom. The van der Waals surface area contributed by atoms with Crippen LogP contribution in [0, 0.1) is 20.8 Å². The highest BCUT2D eigenvalue weighted by molar-refractivity contribution is 5.99.